The quantitative estimate of drug-likeness (QED) is 0.831. The molecule has 0 radical (unpaired) electrons. The first-order valence-corrected chi connectivity index (χ1v) is 7.82. The van der Waals surface area contributed by atoms with Gasteiger partial charge in [0.2, 0.25) is 5.95 Å². The fraction of sp³-hybridized carbons (Fsp3) is 0.400. The first kappa shape index (κ1) is 15.4. The summed E-state index contributed by atoms with van der Waals surface area (Å²) in [6.45, 7) is 5.98. The lowest BCUT2D eigenvalue weighted by atomic mass is 10.1. The smallest absolute Gasteiger partial charge is 0.341 e. The van der Waals surface area contributed by atoms with Gasteiger partial charge in [-0.2, -0.15) is 11.3 Å². The summed E-state index contributed by atoms with van der Waals surface area (Å²) in [6.07, 6.45) is 2.42. The van der Waals surface area contributed by atoms with Crippen LogP contribution < -0.4 is 5.32 Å². The minimum Gasteiger partial charge on any atom is -0.462 e. The molecule has 21 heavy (non-hydrogen) atoms. The number of rotatable bonds is 6. The van der Waals surface area contributed by atoms with E-state index >= 15 is 0 Å². The van der Waals surface area contributed by atoms with E-state index in [-0.39, 0.29) is 12.0 Å². The van der Waals surface area contributed by atoms with Gasteiger partial charge in [-0.15, -0.1) is 0 Å². The van der Waals surface area contributed by atoms with Crippen molar-refractivity contribution in [1.29, 1.82) is 0 Å². The Morgan fingerprint density at radius 3 is 2.95 bits per heavy atom. The molecule has 0 bridgehead atoms. The Morgan fingerprint density at radius 2 is 2.33 bits per heavy atom. The predicted octanol–water partition coefficient (Wildman–Crippen LogP) is 3.07. The molecular weight excluding hydrogens is 286 g/mol. The number of hydrogen-bond acceptors (Lipinski definition) is 6. The minimum atomic E-state index is -0.382. The maximum Gasteiger partial charge on any atom is 0.341 e. The van der Waals surface area contributed by atoms with E-state index in [0.717, 1.165) is 6.42 Å². The lowest BCUT2D eigenvalue weighted by Crippen LogP contribution is -2.20. The van der Waals surface area contributed by atoms with Gasteiger partial charge in [-0.1, -0.05) is 0 Å². The van der Waals surface area contributed by atoms with Crippen molar-refractivity contribution in [1.82, 2.24) is 9.97 Å². The zero-order valence-corrected chi connectivity index (χ0v) is 13.2. The molecule has 0 spiro atoms. The second-order valence-corrected chi connectivity index (χ2v) is 5.57. The maximum atomic E-state index is 11.7. The highest BCUT2D eigenvalue weighted by Gasteiger charge is 2.13. The summed E-state index contributed by atoms with van der Waals surface area (Å²) < 4.78 is 4.96. The van der Waals surface area contributed by atoms with Gasteiger partial charge in [-0.05, 0) is 49.6 Å². The molecule has 1 N–H and O–H groups in total. The van der Waals surface area contributed by atoms with E-state index in [1.54, 1.807) is 25.2 Å². The van der Waals surface area contributed by atoms with Crippen molar-refractivity contribution in [3.05, 3.63) is 39.8 Å². The first-order valence-electron chi connectivity index (χ1n) is 6.88. The van der Waals surface area contributed by atoms with E-state index in [1.807, 2.05) is 0 Å². The number of aryl methyl sites for hydroxylation is 1. The fourth-order valence-corrected chi connectivity index (χ4v) is 2.66. The topological polar surface area (TPSA) is 64.1 Å². The van der Waals surface area contributed by atoms with Gasteiger partial charge in [0.1, 0.15) is 0 Å². The van der Waals surface area contributed by atoms with E-state index in [9.17, 15) is 4.79 Å². The molecule has 2 aromatic heterocycles. The lowest BCUT2D eigenvalue weighted by molar-refractivity contribution is 0.0524. The Morgan fingerprint density at radius 1 is 1.52 bits per heavy atom. The normalized spacial score (nSPS) is 12.0. The van der Waals surface area contributed by atoms with Gasteiger partial charge in [0, 0.05) is 12.2 Å². The van der Waals surface area contributed by atoms with Gasteiger partial charge in [0.25, 0.3) is 0 Å². The Balaban J connectivity index is 2.01. The summed E-state index contributed by atoms with van der Waals surface area (Å²) in [5.41, 5.74) is 2.32. The van der Waals surface area contributed by atoms with Crippen molar-refractivity contribution in [2.45, 2.75) is 33.2 Å². The average Bonchev–Trinajstić information content (AvgIpc) is 2.91. The molecule has 2 aromatic rings. The number of aromatic nitrogens is 2. The number of carbonyl (C=O) groups excluding carboxylic acids is 1. The molecule has 0 aliphatic heterocycles. The third-order valence-electron chi connectivity index (χ3n) is 2.97. The minimum absolute atomic E-state index is 0.215. The van der Waals surface area contributed by atoms with Gasteiger partial charge < -0.3 is 10.1 Å². The number of ether oxygens (including phenoxy) is 1. The van der Waals surface area contributed by atoms with Crippen LogP contribution in [0.5, 0.6) is 0 Å². The number of anilines is 1. The third kappa shape index (κ3) is 4.26. The molecule has 0 fully saturated rings. The monoisotopic (exact) mass is 305 g/mol. The molecule has 0 amide bonds. The van der Waals surface area contributed by atoms with Crippen molar-refractivity contribution in [3.63, 3.8) is 0 Å². The number of carbonyl (C=O) groups is 1. The third-order valence-corrected chi connectivity index (χ3v) is 3.70. The van der Waals surface area contributed by atoms with Crippen LogP contribution in [-0.4, -0.2) is 28.6 Å². The van der Waals surface area contributed by atoms with Crippen LogP contribution in [0, 0.1) is 6.92 Å². The van der Waals surface area contributed by atoms with Crippen molar-refractivity contribution < 1.29 is 9.53 Å². The highest BCUT2D eigenvalue weighted by Crippen LogP contribution is 2.13. The molecule has 0 aromatic carbocycles. The van der Waals surface area contributed by atoms with Crippen molar-refractivity contribution in [3.8, 4) is 0 Å². The molecular formula is C15H19N3O2S. The van der Waals surface area contributed by atoms with E-state index in [1.165, 1.54) is 11.8 Å². The van der Waals surface area contributed by atoms with Gasteiger partial charge in [-0.25, -0.2) is 14.8 Å². The SMILES string of the molecule is CCOC(=O)c1cnc(NC(C)Cc2ccsc2)nc1C. The van der Waals surface area contributed by atoms with Gasteiger partial charge >= 0.3 is 5.97 Å². The van der Waals surface area contributed by atoms with Gasteiger partial charge in [0.15, 0.2) is 0 Å². The van der Waals surface area contributed by atoms with Crippen molar-refractivity contribution in [2.75, 3.05) is 11.9 Å². The van der Waals surface area contributed by atoms with Crippen LogP contribution in [0.15, 0.2) is 23.0 Å². The van der Waals surface area contributed by atoms with Crippen LogP contribution in [0.1, 0.15) is 35.5 Å². The zero-order valence-electron chi connectivity index (χ0n) is 12.4. The Bertz CT molecular complexity index is 599. The van der Waals surface area contributed by atoms with Crippen LogP contribution in [0.25, 0.3) is 0 Å². The van der Waals surface area contributed by atoms with E-state index < -0.39 is 0 Å². The summed E-state index contributed by atoms with van der Waals surface area (Å²) >= 11 is 1.69. The molecule has 1 atom stereocenters. The maximum absolute atomic E-state index is 11.7. The molecule has 6 heteroatoms. The largest absolute Gasteiger partial charge is 0.462 e. The zero-order chi connectivity index (χ0) is 15.2. The molecule has 112 valence electrons. The van der Waals surface area contributed by atoms with Crippen molar-refractivity contribution in [2.24, 2.45) is 0 Å². The second-order valence-electron chi connectivity index (χ2n) is 4.79. The number of nitrogens with zero attached hydrogens (tertiary/aromatic N) is 2. The fourth-order valence-electron chi connectivity index (χ4n) is 1.98. The van der Waals surface area contributed by atoms with Gasteiger partial charge in [0.05, 0.1) is 17.9 Å². The molecule has 2 rings (SSSR count). The molecule has 0 aliphatic carbocycles. The second kappa shape index (κ2) is 7.17. The van der Waals surface area contributed by atoms with Crippen molar-refractivity contribution >= 4 is 23.3 Å². The van der Waals surface area contributed by atoms with Crippen LogP contribution in [-0.2, 0) is 11.2 Å². The summed E-state index contributed by atoms with van der Waals surface area (Å²) in [5.74, 6) is 0.149. The molecule has 5 nitrogen and oxygen atoms in total. The van der Waals surface area contributed by atoms with E-state index in [2.05, 4.69) is 39.0 Å². The first-order chi connectivity index (χ1) is 10.1. The highest BCUT2D eigenvalue weighted by molar-refractivity contribution is 7.07. The molecule has 0 aliphatic rings. The van der Waals surface area contributed by atoms with Crippen LogP contribution in [0.4, 0.5) is 5.95 Å². The molecule has 0 saturated carbocycles. The number of nitrogens with one attached hydrogen (secondary N) is 1. The Hall–Kier alpha value is -1.95. The molecule has 2 heterocycles. The Labute approximate surface area is 128 Å². The molecule has 1 unspecified atom stereocenters. The highest BCUT2D eigenvalue weighted by atomic mass is 32.1. The number of esters is 1. The standard InChI is InChI=1S/C15H19N3O2S/c1-4-20-14(19)13-8-16-15(18-11(13)3)17-10(2)7-12-5-6-21-9-12/h5-6,8-10H,4,7H2,1-3H3,(H,16,17,18). The number of hydrogen-bond donors (Lipinski definition) is 1. The number of thiophene rings is 1. The average molecular weight is 305 g/mol. The summed E-state index contributed by atoms with van der Waals surface area (Å²) in [5, 5.41) is 7.45. The summed E-state index contributed by atoms with van der Waals surface area (Å²) in [7, 11) is 0. The van der Waals surface area contributed by atoms with Crippen LogP contribution in [0.2, 0.25) is 0 Å². The predicted molar refractivity (Wildman–Crippen MR) is 83.8 cm³/mol. The van der Waals surface area contributed by atoms with E-state index in [0.29, 0.717) is 23.8 Å². The molecule has 0 saturated heterocycles. The summed E-state index contributed by atoms with van der Waals surface area (Å²) in [6, 6.07) is 2.33. The summed E-state index contributed by atoms with van der Waals surface area (Å²) in [4.78, 5) is 20.2. The Kier molecular flexibility index (Phi) is 5.27. The lowest BCUT2D eigenvalue weighted by Gasteiger charge is -2.14. The van der Waals surface area contributed by atoms with Gasteiger partial charge in [-0.3, -0.25) is 0 Å². The van der Waals surface area contributed by atoms with Crippen LogP contribution >= 0.6 is 11.3 Å². The van der Waals surface area contributed by atoms with Crippen LogP contribution in [0.3, 0.4) is 0 Å². The van der Waals surface area contributed by atoms with E-state index in [4.69, 9.17) is 4.74 Å².